The van der Waals surface area contributed by atoms with Crippen molar-refractivity contribution >= 4 is 39.7 Å². The Hall–Kier alpha value is -3.05. The van der Waals surface area contributed by atoms with Crippen LogP contribution in [0.3, 0.4) is 0 Å². The van der Waals surface area contributed by atoms with Gasteiger partial charge in [0, 0.05) is 49.4 Å². The molecule has 1 aromatic carbocycles. The first-order valence-electron chi connectivity index (χ1n) is 10.6. The number of benzene rings is 1. The Morgan fingerprint density at radius 3 is 2.78 bits per heavy atom. The minimum atomic E-state index is -0.460. The number of nitrogens with one attached hydrogen (secondary N) is 2. The number of thiazole rings is 1. The van der Waals surface area contributed by atoms with Gasteiger partial charge in [-0.15, -0.1) is 11.3 Å². The van der Waals surface area contributed by atoms with Crippen LogP contribution in [0.25, 0.3) is 0 Å². The number of non-ortho nitro benzene ring substituents is 1. The van der Waals surface area contributed by atoms with Crippen LogP contribution in [0.4, 0.5) is 16.5 Å². The zero-order valence-electron chi connectivity index (χ0n) is 17.5. The standard InChI is InChI=1S/C21H25N5O5S/c27-19(22-11-17-4-2-10-31-17)14-3-1-9-25(12-14)20(28)18-13-32-21(24-18)23-15-5-7-16(8-6-15)26(29)30/h5-8,13-14,17H,1-4,9-12H2,(H,22,27)(H,23,24). The first kappa shape index (κ1) is 22.2. The lowest BCUT2D eigenvalue weighted by atomic mass is 9.97. The third-order valence-corrected chi connectivity index (χ3v) is 6.42. The highest BCUT2D eigenvalue weighted by Gasteiger charge is 2.30. The van der Waals surface area contributed by atoms with Crippen molar-refractivity contribution in [2.45, 2.75) is 31.8 Å². The number of ether oxygens (including phenoxy) is 1. The molecule has 4 rings (SSSR count). The van der Waals surface area contributed by atoms with Crippen molar-refractivity contribution in [2.75, 3.05) is 31.6 Å². The van der Waals surface area contributed by atoms with Crippen LogP contribution in [0.2, 0.25) is 0 Å². The van der Waals surface area contributed by atoms with Gasteiger partial charge in [0.25, 0.3) is 11.6 Å². The van der Waals surface area contributed by atoms with Gasteiger partial charge < -0.3 is 20.3 Å². The molecule has 2 aromatic rings. The summed E-state index contributed by atoms with van der Waals surface area (Å²) in [6.07, 6.45) is 3.61. The molecule has 2 N–H and O–H groups in total. The fourth-order valence-electron chi connectivity index (χ4n) is 3.92. The van der Waals surface area contributed by atoms with E-state index in [1.807, 2.05) is 0 Å². The van der Waals surface area contributed by atoms with Crippen LogP contribution in [0.5, 0.6) is 0 Å². The maximum atomic E-state index is 12.9. The summed E-state index contributed by atoms with van der Waals surface area (Å²) in [5.74, 6) is -0.461. The van der Waals surface area contributed by atoms with Crippen molar-refractivity contribution in [3.8, 4) is 0 Å². The van der Waals surface area contributed by atoms with Crippen molar-refractivity contribution in [2.24, 2.45) is 5.92 Å². The molecule has 2 aliphatic rings. The maximum Gasteiger partial charge on any atom is 0.273 e. The first-order chi connectivity index (χ1) is 15.5. The molecule has 2 amide bonds. The Morgan fingerprint density at radius 1 is 1.25 bits per heavy atom. The average molecular weight is 460 g/mol. The van der Waals surface area contributed by atoms with Crippen molar-refractivity contribution in [3.63, 3.8) is 0 Å². The molecule has 2 unspecified atom stereocenters. The molecule has 11 heteroatoms. The molecular formula is C21H25N5O5S. The summed E-state index contributed by atoms with van der Waals surface area (Å²) >= 11 is 1.28. The number of likely N-dealkylation sites (tertiary alicyclic amines) is 1. The fraction of sp³-hybridized carbons (Fsp3) is 0.476. The molecule has 1 aromatic heterocycles. The van der Waals surface area contributed by atoms with Crippen LogP contribution < -0.4 is 10.6 Å². The number of carbonyl (C=O) groups is 2. The zero-order valence-corrected chi connectivity index (χ0v) is 18.3. The van der Waals surface area contributed by atoms with Gasteiger partial charge in [0.2, 0.25) is 5.91 Å². The summed E-state index contributed by atoms with van der Waals surface area (Å²) in [6, 6.07) is 5.98. The molecule has 10 nitrogen and oxygen atoms in total. The summed E-state index contributed by atoms with van der Waals surface area (Å²) in [5, 5.41) is 19.0. The summed E-state index contributed by atoms with van der Waals surface area (Å²) in [6.45, 7) is 2.24. The summed E-state index contributed by atoms with van der Waals surface area (Å²) < 4.78 is 5.55. The number of aromatic nitrogens is 1. The molecule has 2 atom stereocenters. The third kappa shape index (κ3) is 5.40. The van der Waals surface area contributed by atoms with E-state index < -0.39 is 4.92 Å². The van der Waals surface area contributed by atoms with Gasteiger partial charge in [0.05, 0.1) is 16.9 Å². The Morgan fingerprint density at radius 2 is 2.06 bits per heavy atom. The van der Waals surface area contributed by atoms with Crippen LogP contribution in [0, 0.1) is 16.0 Å². The number of carbonyl (C=O) groups excluding carboxylic acids is 2. The average Bonchev–Trinajstić information content (AvgIpc) is 3.50. The summed E-state index contributed by atoms with van der Waals surface area (Å²) in [5.41, 5.74) is 0.967. The highest BCUT2D eigenvalue weighted by Crippen LogP contribution is 2.25. The number of anilines is 2. The number of hydrogen-bond acceptors (Lipinski definition) is 8. The lowest BCUT2D eigenvalue weighted by molar-refractivity contribution is -0.384. The van der Waals surface area contributed by atoms with Crippen molar-refractivity contribution in [1.82, 2.24) is 15.2 Å². The number of nitro benzene ring substituents is 1. The van der Waals surface area contributed by atoms with Crippen LogP contribution in [-0.2, 0) is 9.53 Å². The highest BCUT2D eigenvalue weighted by molar-refractivity contribution is 7.14. The van der Waals surface area contributed by atoms with E-state index in [9.17, 15) is 19.7 Å². The molecular weight excluding hydrogens is 434 g/mol. The monoisotopic (exact) mass is 459 g/mol. The topological polar surface area (TPSA) is 127 Å². The predicted molar refractivity (Wildman–Crippen MR) is 119 cm³/mol. The van der Waals surface area contributed by atoms with E-state index in [0.717, 1.165) is 32.3 Å². The van der Waals surface area contributed by atoms with Gasteiger partial charge in [-0.05, 0) is 37.8 Å². The van der Waals surface area contributed by atoms with Gasteiger partial charge in [0.1, 0.15) is 5.69 Å². The maximum absolute atomic E-state index is 12.9. The summed E-state index contributed by atoms with van der Waals surface area (Å²) in [7, 11) is 0. The SMILES string of the molecule is O=C(NCC1CCCO1)C1CCCN(C(=O)c2csc(Nc3ccc([N+](=O)[O-])cc3)n2)C1. The minimum absolute atomic E-state index is 0.00464. The number of piperidine rings is 1. The molecule has 2 saturated heterocycles. The molecule has 0 spiro atoms. The fourth-order valence-corrected chi connectivity index (χ4v) is 4.63. The van der Waals surface area contributed by atoms with E-state index in [1.165, 1.54) is 23.5 Å². The van der Waals surface area contributed by atoms with Gasteiger partial charge in [-0.2, -0.15) is 0 Å². The lowest BCUT2D eigenvalue weighted by Gasteiger charge is -2.31. The molecule has 0 radical (unpaired) electrons. The van der Waals surface area contributed by atoms with E-state index in [-0.39, 0.29) is 29.5 Å². The molecule has 170 valence electrons. The second kappa shape index (κ2) is 10.0. The van der Waals surface area contributed by atoms with E-state index in [1.54, 1.807) is 22.4 Å². The molecule has 32 heavy (non-hydrogen) atoms. The van der Waals surface area contributed by atoms with Gasteiger partial charge in [-0.25, -0.2) is 4.98 Å². The van der Waals surface area contributed by atoms with Gasteiger partial charge in [0.15, 0.2) is 5.13 Å². The van der Waals surface area contributed by atoms with Crippen molar-refractivity contribution in [3.05, 3.63) is 45.5 Å². The highest BCUT2D eigenvalue weighted by atomic mass is 32.1. The smallest absolute Gasteiger partial charge is 0.273 e. The molecule has 2 fully saturated rings. The number of rotatable bonds is 7. The van der Waals surface area contributed by atoms with Gasteiger partial charge >= 0.3 is 0 Å². The second-order valence-corrected chi connectivity index (χ2v) is 8.80. The molecule has 0 bridgehead atoms. The molecule has 0 aliphatic carbocycles. The largest absolute Gasteiger partial charge is 0.376 e. The quantitative estimate of drug-likeness (QED) is 0.481. The van der Waals surface area contributed by atoms with Gasteiger partial charge in [-0.3, -0.25) is 19.7 Å². The van der Waals surface area contributed by atoms with Crippen molar-refractivity contribution in [1.29, 1.82) is 0 Å². The zero-order chi connectivity index (χ0) is 22.5. The molecule has 2 aliphatic heterocycles. The Bertz CT molecular complexity index is 973. The normalized spacial score (nSPS) is 20.7. The van der Waals surface area contributed by atoms with Crippen LogP contribution >= 0.6 is 11.3 Å². The number of hydrogen-bond donors (Lipinski definition) is 2. The van der Waals surface area contributed by atoms with E-state index in [2.05, 4.69) is 15.6 Å². The van der Waals surface area contributed by atoms with Crippen LogP contribution in [0.1, 0.15) is 36.2 Å². The minimum Gasteiger partial charge on any atom is -0.376 e. The van der Waals surface area contributed by atoms with E-state index >= 15 is 0 Å². The number of nitrogens with zero attached hydrogens (tertiary/aromatic N) is 3. The number of nitro groups is 1. The Balaban J connectivity index is 1.32. The van der Waals surface area contributed by atoms with Crippen LogP contribution in [0.15, 0.2) is 29.6 Å². The molecule has 3 heterocycles. The second-order valence-electron chi connectivity index (χ2n) is 7.94. The Labute approximate surface area is 189 Å². The molecule has 0 saturated carbocycles. The predicted octanol–water partition coefficient (Wildman–Crippen LogP) is 2.94. The van der Waals surface area contributed by atoms with Crippen molar-refractivity contribution < 1.29 is 19.2 Å². The first-order valence-corrected chi connectivity index (χ1v) is 11.5. The lowest BCUT2D eigenvalue weighted by Crippen LogP contribution is -2.46. The van der Waals surface area contributed by atoms with E-state index in [0.29, 0.717) is 36.1 Å². The van der Waals surface area contributed by atoms with Crippen LogP contribution in [-0.4, -0.2) is 59.0 Å². The Kier molecular flexibility index (Phi) is 6.96. The number of amides is 2. The van der Waals surface area contributed by atoms with E-state index in [4.69, 9.17) is 4.74 Å². The van der Waals surface area contributed by atoms with Gasteiger partial charge in [-0.1, -0.05) is 0 Å². The third-order valence-electron chi connectivity index (χ3n) is 5.66. The summed E-state index contributed by atoms with van der Waals surface area (Å²) in [4.78, 5) is 41.8.